The van der Waals surface area contributed by atoms with Crippen LogP contribution in [0.1, 0.15) is 20.8 Å². The van der Waals surface area contributed by atoms with E-state index in [-0.39, 0.29) is 0 Å². The summed E-state index contributed by atoms with van der Waals surface area (Å²) in [6.07, 6.45) is 0. The maximum Gasteiger partial charge on any atom is 0.484 e. The fourth-order valence-corrected chi connectivity index (χ4v) is 1.44. The monoisotopic (exact) mass is 212 g/mol. The smallest absolute Gasteiger partial charge is 0.484 e. The summed E-state index contributed by atoms with van der Waals surface area (Å²) in [5.74, 6) is -3.64. The van der Waals surface area contributed by atoms with Crippen molar-refractivity contribution in [2.45, 2.75) is 20.8 Å². The molecular formula is C8H9AlO5. The molecule has 0 aromatic heterocycles. The van der Waals surface area contributed by atoms with E-state index in [2.05, 4.69) is 3.79 Å². The first-order valence-corrected chi connectivity index (χ1v) is 4.23. The number of carbonyl (C=O) groups is 4. The minimum Gasteiger partial charge on any atom is -0.627 e. The summed E-state index contributed by atoms with van der Waals surface area (Å²) < 4.78 is 4.21. The first kappa shape index (κ1) is 13.0. The predicted octanol–water partition coefficient (Wildman–Crippen LogP) is -0.633. The number of hydrogen-bond donors (Lipinski definition) is 0. The van der Waals surface area contributed by atoms with Crippen LogP contribution in [0.5, 0.6) is 0 Å². The summed E-state index contributed by atoms with van der Waals surface area (Å²) in [5, 5.41) is 0. The molecule has 0 heterocycles. The second-order valence-corrected chi connectivity index (χ2v) is 3.06. The molecule has 5 nitrogen and oxygen atoms in total. The Balaban J connectivity index is 5.63. The summed E-state index contributed by atoms with van der Waals surface area (Å²) in [5.41, 5.74) is -2.29. The van der Waals surface area contributed by atoms with Crippen LogP contribution in [-0.4, -0.2) is 39.9 Å². The zero-order valence-electron chi connectivity index (χ0n) is 8.12. The van der Waals surface area contributed by atoms with Gasteiger partial charge in [0.2, 0.25) is 5.41 Å². The number of Topliss-reactive ketones (excluding diaryl/α,β-unsaturated/α-hetero) is 3. The van der Waals surface area contributed by atoms with Gasteiger partial charge in [-0.1, -0.05) is 0 Å². The Morgan fingerprint density at radius 1 is 0.929 bits per heavy atom. The van der Waals surface area contributed by atoms with Crippen molar-refractivity contribution in [2.24, 2.45) is 5.41 Å². The average molecular weight is 212 g/mol. The standard InChI is InChI=1S/C8H10O5.Al/c1-4(9)8(5(2)10,6(3)11)7(12)13;/h1-3H3,(H,12,13);/q;+1/p-1. The highest BCUT2D eigenvalue weighted by molar-refractivity contribution is 6.37. The number of carbonyl (C=O) groups excluding carboxylic acids is 4. The van der Waals surface area contributed by atoms with Gasteiger partial charge in [0.05, 0.1) is 0 Å². The molecule has 74 valence electrons. The van der Waals surface area contributed by atoms with Gasteiger partial charge in [0.15, 0.2) is 17.3 Å². The lowest BCUT2D eigenvalue weighted by Gasteiger charge is -2.23. The second kappa shape index (κ2) is 4.49. The van der Waals surface area contributed by atoms with Crippen molar-refractivity contribution < 1.29 is 23.0 Å². The number of rotatable bonds is 4. The van der Waals surface area contributed by atoms with E-state index in [0.29, 0.717) is 0 Å². The van der Waals surface area contributed by atoms with Crippen LogP contribution >= 0.6 is 0 Å². The number of ketones is 3. The van der Waals surface area contributed by atoms with Crippen LogP contribution < -0.4 is 0 Å². The largest absolute Gasteiger partial charge is 0.627 e. The Morgan fingerprint density at radius 3 is 1.29 bits per heavy atom. The van der Waals surface area contributed by atoms with Crippen LogP contribution in [0.3, 0.4) is 0 Å². The topological polar surface area (TPSA) is 77.5 Å². The molecule has 0 rings (SSSR count). The molecule has 0 amide bonds. The summed E-state index contributed by atoms with van der Waals surface area (Å²) in [4.78, 5) is 44.8. The lowest BCUT2D eigenvalue weighted by atomic mass is 9.77. The van der Waals surface area contributed by atoms with E-state index in [0.717, 1.165) is 20.8 Å². The molecule has 0 aromatic carbocycles. The third-order valence-corrected chi connectivity index (χ3v) is 2.21. The van der Waals surface area contributed by atoms with Gasteiger partial charge in [0.1, 0.15) is 0 Å². The summed E-state index contributed by atoms with van der Waals surface area (Å²) in [6, 6.07) is 0. The van der Waals surface area contributed by atoms with Crippen LogP contribution in [0.15, 0.2) is 0 Å². The van der Waals surface area contributed by atoms with Gasteiger partial charge in [-0.15, -0.1) is 0 Å². The zero-order valence-corrected chi connectivity index (χ0v) is 9.27. The molecule has 0 aliphatic carbocycles. The van der Waals surface area contributed by atoms with E-state index in [1.54, 1.807) is 16.6 Å². The first-order chi connectivity index (χ1) is 6.31. The van der Waals surface area contributed by atoms with Gasteiger partial charge in [0, 0.05) is 0 Å². The van der Waals surface area contributed by atoms with Gasteiger partial charge in [-0.25, -0.2) is 0 Å². The molecule has 0 atom stereocenters. The molecule has 2 radical (unpaired) electrons. The van der Waals surface area contributed by atoms with E-state index in [1.807, 2.05) is 0 Å². The Hall–Kier alpha value is -0.988. The van der Waals surface area contributed by atoms with Crippen LogP contribution in [0.4, 0.5) is 0 Å². The van der Waals surface area contributed by atoms with Crippen LogP contribution in [-0.2, 0) is 23.0 Å². The van der Waals surface area contributed by atoms with Crippen molar-refractivity contribution in [3.05, 3.63) is 0 Å². The van der Waals surface area contributed by atoms with E-state index in [9.17, 15) is 19.2 Å². The highest BCUT2D eigenvalue weighted by atomic mass is 27.1. The lowest BCUT2D eigenvalue weighted by molar-refractivity contribution is -0.160. The molecule has 14 heavy (non-hydrogen) atoms. The molecule has 0 N–H and O–H groups in total. The van der Waals surface area contributed by atoms with E-state index < -0.39 is 28.7 Å². The third kappa shape index (κ3) is 1.76. The Morgan fingerprint density at radius 2 is 1.21 bits per heavy atom. The Bertz CT molecular complexity index is 271. The summed E-state index contributed by atoms with van der Waals surface area (Å²) >= 11 is 1.61. The fraction of sp³-hybridized carbons (Fsp3) is 0.500. The molecule has 0 unspecified atom stereocenters. The second-order valence-electron chi connectivity index (χ2n) is 2.82. The van der Waals surface area contributed by atoms with Gasteiger partial charge in [-0.2, -0.15) is 0 Å². The SMILES string of the molecule is CC(=O)C(C(C)=O)(C(C)=O)C(=O)[O][Al]. The minimum absolute atomic E-state index is 0.829. The van der Waals surface area contributed by atoms with Crippen molar-refractivity contribution in [1.29, 1.82) is 0 Å². The molecule has 0 saturated heterocycles. The summed E-state index contributed by atoms with van der Waals surface area (Å²) in [6.45, 7) is 3.01. The van der Waals surface area contributed by atoms with Crippen LogP contribution in [0.2, 0.25) is 0 Å². The highest BCUT2D eigenvalue weighted by Gasteiger charge is 2.53. The molecule has 0 saturated carbocycles. The third-order valence-electron chi connectivity index (χ3n) is 2.00. The van der Waals surface area contributed by atoms with Gasteiger partial charge < -0.3 is 3.79 Å². The predicted molar refractivity (Wildman–Crippen MR) is 46.3 cm³/mol. The van der Waals surface area contributed by atoms with Crippen LogP contribution in [0, 0.1) is 5.41 Å². The normalized spacial score (nSPS) is 10.5. The molecule has 0 fully saturated rings. The van der Waals surface area contributed by atoms with Crippen molar-refractivity contribution in [1.82, 2.24) is 0 Å². The van der Waals surface area contributed by atoms with Crippen molar-refractivity contribution in [3.8, 4) is 0 Å². The van der Waals surface area contributed by atoms with Crippen LogP contribution in [0.25, 0.3) is 0 Å². The molecule has 6 heteroatoms. The maximum absolute atomic E-state index is 11.3. The molecule has 0 spiro atoms. The number of hydrogen-bond acceptors (Lipinski definition) is 5. The highest BCUT2D eigenvalue weighted by Crippen LogP contribution is 2.23. The van der Waals surface area contributed by atoms with Crippen molar-refractivity contribution in [2.75, 3.05) is 0 Å². The van der Waals surface area contributed by atoms with Gasteiger partial charge >= 0.3 is 16.6 Å². The van der Waals surface area contributed by atoms with Crippen molar-refractivity contribution in [3.63, 3.8) is 0 Å². The zero-order chi connectivity index (χ0) is 11.5. The van der Waals surface area contributed by atoms with Gasteiger partial charge in [-0.3, -0.25) is 19.2 Å². The fourth-order valence-electron chi connectivity index (χ4n) is 1.26. The first-order valence-electron chi connectivity index (χ1n) is 3.76. The van der Waals surface area contributed by atoms with Crippen molar-refractivity contribution >= 4 is 39.9 Å². The molecule has 0 aliphatic rings. The Labute approximate surface area is 89.6 Å². The molecule has 0 aromatic rings. The molecular weight excluding hydrogens is 203 g/mol. The minimum atomic E-state index is -2.29. The average Bonchev–Trinajstić information content (AvgIpc) is 2.02. The molecule has 0 aliphatic heterocycles. The van der Waals surface area contributed by atoms with Gasteiger partial charge in [0.25, 0.3) is 5.97 Å². The lowest BCUT2D eigenvalue weighted by Crippen LogP contribution is -2.50. The summed E-state index contributed by atoms with van der Waals surface area (Å²) in [7, 11) is 0. The quantitative estimate of drug-likeness (QED) is 0.457. The Kier molecular flexibility index (Phi) is 4.17. The maximum atomic E-state index is 11.3. The van der Waals surface area contributed by atoms with E-state index in [4.69, 9.17) is 0 Å². The van der Waals surface area contributed by atoms with Gasteiger partial charge in [-0.05, 0) is 20.8 Å². The van der Waals surface area contributed by atoms with E-state index >= 15 is 0 Å². The van der Waals surface area contributed by atoms with E-state index in [1.165, 1.54) is 0 Å². The molecule has 0 bridgehead atoms.